The molecule has 0 aliphatic carbocycles. The van der Waals surface area contributed by atoms with Gasteiger partial charge in [-0.15, -0.1) is 11.8 Å². The lowest BCUT2D eigenvalue weighted by atomic mass is 10.2. The number of hydrogen-bond donors (Lipinski definition) is 1. The van der Waals surface area contributed by atoms with Gasteiger partial charge in [0.15, 0.2) is 0 Å². The largest absolute Gasteiger partial charge is 0.323 e. The number of benzene rings is 2. The molecule has 1 aliphatic heterocycles. The van der Waals surface area contributed by atoms with Gasteiger partial charge in [0.1, 0.15) is 5.37 Å². The molecule has 1 saturated heterocycles. The van der Waals surface area contributed by atoms with E-state index in [1.54, 1.807) is 23.9 Å². The van der Waals surface area contributed by atoms with E-state index in [1.165, 1.54) is 0 Å². The van der Waals surface area contributed by atoms with Gasteiger partial charge in [-0.2, -0.15) is 0 Å². The van der Waals surface area contributed by atoms with Crippen LogP contribution < -0.4 is 5.32 Å². The molecule has 0 radical (unpaired) electrons. The molecule has 0 spiro atoms. The van der Waals surface area contributed by atoms with Gasteiger partial charge >= 0.3 is 6.03 Å². The summed E-state index contributed by atoms with van der Waals surface area (Å²) in [6.45, 7) is 2.03. The van der Waals surface area contributed by atoms with Crippen LogP contribution in [0.4, 0.5) is 10.5 Å². The van der Waals surface area contributed by atoms with Crippen molar-refractivity contribution in [3.05, 3.63) is 64.1 Å². The quantitative estimate of drug-likeness (QED) is 0.743. The zero-order chi connectivity index (χ0) is 16.4. The average Bonchev–Trinajstić information content (AvgIpc) is 2.90. The molecule has 1 N–H and O–H groups in total. The highest BCUT2D eigenvalue weighted by Gasteiger charge is 2.38. The minimum absolute atomic E-state index is 0.0982. The number of carbonyl (C=O) groups is 1. The van der Waals surface area contributed by atoms with Crippen molar-refractivity contribution in [3.63, 3.8) is 0 Å². The van der Waals surface area contributed by atoms with Gasteiger partial charge in [-0.3, -0.25) is 0 Å². The second-order valence-corrected chi connectivity index (χ2v) is 7.30. The summed E-state index contributed by atoms with van der Waals surface area (Å²) < 4.78 is 0. The molecule has 6 heteroatoms. The number of hydrogen-bond acceptors (Lipinski definition) is 2. The first-order chi connectivity index (χ1) is 11.1. The zero-order valence-electron chi connectivity index (χ0n) is 12.5. The number of carbonyl (C=O) groups excluding carboxylic acids is 1. The van der Waals surface area contributed by atoms with Crippen LogP contribution in [0.15, 0.2) is 48.5 Å². The van der Waals surface area contributed by atoms with Crippen molar-refractivity contribution in [1.82, 2.24) is 4.90 Å². The second-order valence-electron chi connectivity index (χ2n) is 5.37. The van der Waals surface area contributed by atoms with Gasteiger partial charge in [-0.05, 0) is 31.2 Å². The normalized spacial score (nSPS) is 20.6. The number of rotatable bonds is 2. The van der Waals surface area contributed by atoms with Gasteiger partial charge in [0.2, 0.25) is 0 Å². The number of nitrogens with one attached hydrogen (secondary N) is 1. The molecule has 2 aromatic rings. The summed E-state index contributed by atoms with van der Waals surface area (Å²) in [6, 6.07) is 14.8. The summed E-state index contributed by atoms with van der Waals surface area (Å²) in [7, 11) is 0. The minimum Gasteiger partial charge on any atom is -0.308 e. The van der Waals surface area contributed by atoms with Crippen molar-refractivity contribution in [1.29, 1.82) is 0 Å². The maximum absolute atomic E-state index is 12.7. The molecule has 0 saturated carbocycles. The van der Waals surface area contributed by atoms with E-state index < -0.39 is 0 Å². The summed E-state index contributed by atoms with van der Waals surface area (Å²) in [5.41, 5.74) is 1.57. The van der Waals surface area contributed by atoms with Crippen LogP contribution in [-0.2, 0) is 0 Å². The molecule has 1 aliphatic rings. The molecular formula is C17H16Cl2N2OS. The number of para-hydroxylation sites is 1. The Labute approximate surface area is 150 Å². The molecule has 3 rings (SSSR count). The topological polar surface area (TPSA) is 32.3 Å². The van der Waals surface area contributed by atoms with Crippen LogP contribution >= 0.6 is 35.0 Å². The first-order valence-electron chi connectivity index (χ1n) is 7.28. The fraction of sp³-hybridized carbons (Fsp3) is 0.235. The molecule has 120 valence electrons. The van der Waals surface area contributed by atoms with E-state index in [1.807, 2.05) is 48.2 Å². The number of thioether (sulfide) groups is 1. The van der Waals surface area contributed by atoms with Crippen LogP contribution in [0.3, 0.4) is 0 Å². The van der Waals surface area contributed by atoms with E-state index in [4.69, 9.17) is 23.2 Å². The van der Waals surface area contributed by atoms with Crippen LogP contribution in [0.2, 0.25) is 10.0 Å². The number of anilines is 1. The molecule has 2 atom stereocenters. The highest BCUT2D eigenvalue weighted by molar-refractivity contribution is 7.99. The van der Waals surface area contributed by atoms with Crippen LogP contribution in [-0.4, -0.2) is 22.7 Å². The van der Waals surface area contributed by atoms with Crippen molar-refractivity contribution >= 4 is 46.7 Å². The van der Waals surface area contributed by atoms with Gasteiger partial charge in [-0.25, -0.2) is 4.79 Å². The number of nitrogens with zero attached hydrogens (tertiary/aromatic N) is 1. The van der Waals surface area contributed by atoms with Gasteiger partial charge < -0.3 is 10.2 Å². The Kier molecular flexibility index (Phi) is 5.05. The third-order valence-corrected chi connectivity index (χ3v) is 5.84. The molecule has 1 heterocycles. The fourth-order valence-corrected chi connectivity index (χ4v) is 4.85. The molecule has 23 heavy (non-hydrogen) atoms. The Morgan fingerprint density at radius 3 is 2.43 bits per heavy atom. The molecule has 2 aromatic carbocycles. The smallest absolute Gasteiger partial charge is 0.308 e. The molecule has 2 unspecified atom stereocenters. The Balaban J connectivity index is 1.88. The van der Waals surface area contributed by atoms with Crippen LogP contribution in [0, 0.1) is 0 Å². The summed E-state index contributed by atoms with van der Waals surface area (Å²) >= 11 is 14.3. The van der Waals surface area contributed by atoms with Crippen molar-refractivity contribution < 1.29 is 4.79 Å². The van der Waals surface area contributed by atoms with E-state index in [-0.39, 0.29) is 17.4 Å². The van der Waals surface area contributed by atoms with Crippen molar-refractivity contribution in [2.75, 3.05) is 11.1 Å². The maximum Gasteiger partial charge on any atom is 0.323 e. The lowest BCUT2D eigenvalue weighted by Gasteiger charge is -2.29. The highest BCUT2D eigenvalue weighted by Crippen LogP contribution is 2.46. The van der Waals surface area contributed by atoms with Crippen molar-refractivity contribution in [3.8, 4) is 0 Å². The van der Waals surface area contributed by atoms with Gasteiger partial charge in [-0.1, -0.05) is 47.5 Å². The Hall–Kier alpha value is -1.36. The molecule has 2 amide bonds. The Bertz CT molecular complexity index is 691. The Morgan fingerprint density at radius 2 is 1.78 bits per heavy atom. The SMILES string of the molecule is CC1CSC(c2c(Cl)cccc2Cl)N1C(=O)Nc1ccccc1. The number of halogens is 2. The third kappa shape index (κ3) is 3.44. The number of urea groups is 1. The predicted octanol–water partition coefficient (Wildman–Crippen LogP) is 5.66. The zero-order valence-corrected chi connectivity index (χ0v) is 14.8. The molecule has 0 aromatic heterocycles. The van der Waals surface area contributed by atoms with Gasteiger partial charge in [0.25, 0.3) is 0 Å². The summed E-state index contributed by atoms with van der Waals surface area (Å²) in [4.78, 5) is 14.6. The first kappa shape index (κ1) is 16.5. The summed E-state index contributed by atoms with van der Waals surface area (Å²) in [5.74, 6) is 0.842. The van der Waals surface area contributed by atoms with E-state index in [2.05, 4.69) is 5.32 Å². The standard InChI is InChI=1S/C17H16Cl2N2OS/c1-11-10-23-16(15-13(18)8-5-9-14(15)19)21(11)17(22)20-12-6-3-2-4-7-12/h2-9,11,16H,10H2,1H3,(H,20,22). The van der Waals surface area contributed by atoms with E-state index in [0.717, 1.165) is 17.0 Å². The van der Waals surface area contributed by atoms with Crippen LogP contribution in [0.1, 0.15) is 17.9 Å². The summed E-state index contributed by atoms with van der Waals surface area (Å²) in [5, 5.41) is 3.92. The molecule has 1 fully saturated rings. The first-order valence-corrected chi connectivity index (χ1v) is 9.08. The second kappa shape index (κ2) is 7.04. The van der Waals surface area contributed by atoms with Crippen LogP contribution in [0.5, 0.6) is 0 Å². The average molecular weight is 367 g/mol. The van der Waals surface area contributed by atoms with Crippen molar-refractivity contribution in [2.45, 2.75) is 18.3 Å². The predicted molar refractivity (Wildman–Crippen MR) is 98.4 cm³/mol. The molecule has 0 bridgehead atoms. The van der Waals surface area contributed by atoms with Gasteiger partial charge in [0, 0.05) is 33.1 Å². The maximum atomic E-state index is 12.7. The minimum atomic E-state index is -0.185. The van der Waals surface area contributed by atoms with E-state index in [0.29, 0.717) is 10.0 Å². The monoisotopic (exact) mass is 366 g/mol. The highest BCUT2D eigenvalue weighted by atomic mass is 35.5. The fourth-order valence-electron chi connectivity index (χ4n) is 2.61. The molecule has 3 nitrogen and oxygen atoms in total. The lowest BCUT2D eigenvalue weighted by Crippen LogP contribution is -2.39. The Morgan fingerprint density at radius 1 is 1.13 bits per heavy atom. The van der Waals surface area contributed by atoms with Gasteiger partial charge in [0.05, 0.1) is 0 Å². The third-order valence-electron chi connectivity index (χ3n) is 3.73. The lowest BCUT2D eigenvalue weighted by molar-refractivity contribution is 0.198. The molecular weight excluding hydrogens is 351 g/mol. The van der Waals surface area contributed by atoms with Crippen molar-refractivity contribution in [2.24, 2.45) is 0 Å². The van der Waals surface area contributed by atoms with Crippen LogP contribution in [0.25, 0.3) is 0 Å². The number of amides is 2. The summed E-state index contributed by atoms with van der Waals surface area (Å²) in [6.07, 6.45) is 0. The van der Waals surface area contributed by atoms with E-state index in [9.17, 15) is 4.79 Å². The van der Waals surface area contributed by atoms with E-state index >= 15 is 0 Å².